The van der Waals surface area contributed by atoms with Gasteiger partial charge in [-0.05, 0) is 24.3 Å². The Morgan fingerprint density at radius 2 is 1.95 bits per heavy atom. The van der Waals surface area contributed by atoms with Crippen molar-refractivity contribution in [3.63, 3.8) is 0 Å². The van der Waals surface area contributed by atoms with Crippen LogP contribution in [0.2, 0.25) is 5.02 Å². The molecule has 5 nitrogen and oxygen atoms in total. The molecule has 0 saturated carbocycles. The molecule has 3 rings (SSSR count). The lowest BCUT2D eigenvalue weighted by atomic mass is 10.2. The molecule has 1 N–H and O–H groups in total. The first-order valence-corrected chi connectivity index (χ1v) is 6.68. The Balaban J connectivity index is 1.87. The van der Waals surface area contributed by atoms with E-state index in [9.17, 15) is 5.11 Å². The molecule has 0 aliphatic heterocycles. The summed E-state index contributed by atoms with van der Waals surface area (Å²) in [5.41, 5.74) is 1.50. The van der Waals surface area contributed by atoms with Gasteiger partial charge in [-0.2, -0.15) is 4.98 Å². The third-order valence-corrected chi connectivity index (χ3v) is 3.13. The van der Waals surface area contributed by atoms with Crippen LogP contribution in [0, 0.1) is 0 Å². The summed E-state index contributed by atoms with van der Waals surface area (Å²) in [7, 11) is 0. The molecule has 0 aliphatic rings. The lowest BCUT2D eigenvalue weighted by Crippen LogP contribution is -1.96. The number of hydrogen-bond acceptors (Lipinski definition) is 4. The molecule has 2 aromatic carbocycles. The van der Waals surface area contributed by atoms with Crippen molar-refractivity contribution >= 4 is 11.6 Å². The fourth-order valence-electron chi connectivity index (χ4n) is 1.85. The Hall–Kier alpha value is -2.37. The summed E-state index contributed by atoms with van der Waals surface area (Å²) in [4.78, 5) is 4.10. The van der Waals surface area contributed by atoms with Crippen molar-refractivity contribution in [2.75, 3.05) is 0 Å². The van der Waals surface area contributed by atoms with E-state index in [0.717, 1.165) is 5.69 Å². The number of rotatable bonds is 4. The monoisotopic (exact) mass is 301 g/mol. The highest BCUT2D eigenvalue weighted by Gasteiger charge is 2.09. The molecule has 0 saturated heterocycles. The maximum Gasteiger partial charge on any atom is 0.341 e. The zero-order valence-corrected chi connectivity index (χ0v) is 11.7. The van der Waals surface area contributed by atoms with Gasteiger partial charge in [0.15, 0.2) is 0 Å². The summed E-state index contributed by atoms with van der Waals surface area (Å²) < 4.78 is 7.21. The van der Waals surface area contributed by atoms with Crippen LogP contribution in [0.1, 0.15) is 5.56 Å². The molecule has 0 spiro atoms. The average Bonchev–Trinajstić information content (AvgIpc) is 2.97. The van der Waals surface area contributed by atoms with Gasteiger partial charge in [-0.25, -0.2) is 4.68 Å². The Kier molecular flexibility index (Phi) is 3.85. The summed E-state index contributed by atoms with van der Waals surface area (Å²) in [5, 5.41) is 14.1. The van der Waals surface area contributed by atoms with E-state index in [1.165, 1.54) is 0 Å². The molecule has 21 heavy (non-hydrogen) atoms. The Morgan fingerprint density at radius 1 is 1.14 bits per heavy atom. The fraction of sp³-hybridized carbons (Fsp3) is 0.0667. The minimum atomic E-state index is -0.147. The molecule has 106 valence electrons. The SMILES string of the molecule is OCc1ccc(Cl)cc1Oc1ncn(-c2ccccc2)n1. The van der Waals surface area contributed by atoms with Gasteiger partial charge in [0.1, 0.15) is 12.1 Å². The molecule has 6 heteroatoms. The predicted octanol–water partition coefficient (Wildman–Crippen LogP) is 3.21. The molecular weight excluding hydrogens is 290 g/mol. The van der Waals surface area contributed by atoms with E-state index in [2.05, 4.69) is 10.1 Å². The lowest BCUT2D eigenvalue weighted by molar-refractivity contribution is 0.275. The van der Waals surface area contributed by atoms with Crippen molar-refractivity contribution < 1.29 is 9.84 Å². The van der Waals surface area contributed by atoms with Gasteiger partial charge >= 0.3 is 6.01 Å². The molecular formula is C15H12ClN3O2. The summed E-state index contributed by atoms with van der Waals surface area (Å²) in [5.74, 6) is 0.441. The van der Waals surface area contributed by atoms with Gasteiger partial charge in [-0.1, -0.05) is 35.9 Å². The number of para-hydroxylation sites is 1. The van der Waals surface area contributed by atoms with Crippen molar-refractivity contribution in [3.05, 3.63) is 65.4 Å². The predicted molar refractivity (Wildman–Crippen MR) is 78.8 cm³/mol. The highest BCUT2D eigenvalue weighted by molar-refractivity contribution is 6.30. The average molecular weight is 302 g/mol. The van der Waals surface area contributed by atoms with Crippen LogP contribution in [0.5, 0.6) is 11.8 Å². The maximum absolute atomic E-state index is 9.30. The molecule has 0 amide bonds. The second kappa shape index (κ2) is 5.95. The molecule has 0 aliphatic carbocycles. The van der Waals surface area contributed by atoms with E-state index in [1.807, 2.05) is 30.3 Å². The van der Waals surface area contributed by atoms with Crippen LogP contribution in [0.3, 0.4) is 0 Å². The number of halogens is 1. The van der Waals surface area contributed by atoms with Crippen LogP contribution in [0.25, 0.3) is 5.69 Å². The smallest absolute Gasteiger partial charge is 0.341 e. The summed E-state index contributed by atoms with van der Waals surface area (Å²) in [6, 6.07) is 14.8. The number of aliphatic hydroxyl groups excluding tert-OH is 1. The Bertz CT molecular complexity index is 744. The minimum Gasteiger partial charge on any atom is -0.423 e. The van der Waals surface area contributed by atoms with E-state index in [-0.39, 0.29) is 12.6 Å². The van der Waals surface area contributed by atoms with E-state index in [4.69, 9.17) is 16.3 Å². The summed E-state index contributed by atoms with van der Waals surface area (Å²) >= 11 is 5.93. The first-order valence-electron chi connectivity index (χ1n) is 6.30. The molecule has 0 radical (unpaired) electrons. The quantitative estimate of drug-likeness (QED) is 0.804. The highest BCUT2D eigenvalue weighted by atomic mass is 35.5. The first kappa shape index (κ1) is 13.6. The molecule has 0 atom stereocenters. The van der Waals surface area contributed by atoms with Gasteiger partial charge in [0, 0.05) is 10.6 Å². The van der Waals surface area contributed by atoms with Gasteiger partial charge in [0.25, 0.3) is 0 Å². The van der Waals surface area contributed by atoms with Crippen LogP contribution in [-0.2, 0) is 6.61 Å². The van der Waals surface area contributed by atoms with Gasteiger partial charge in [-0.15, -0.1) is 5.10 Å². The fourth-order valence-corrected chi connectivity index (χ4v) is 2.01. The summed E-state index contributed by atoms with van der Waals surface area (Å²) in [6.45, 7) is -0.147. The van der Waals surface area contributed by atoms with E-state index < -0.39 is 0 Å². The van der Waals surface area contributed by atoms with Crippen LogP contribution in [0.4, 0.5) is 0 Å². The maximum atomic E-state index is 9.30. The zero-order chi connectivity index (χ0) is 14.7. The first-order chi connectivity index (χ1) is 10.3. The number of ether oxygens (including phenoxy) is 1. The largest absolute Gasteiger partial charge is 0.423 e. The number of aliphatic hydroxyl groups is 1. The van der Waals surface area contributed by atoms with E-state index in [1.54, 1.807) is 29.2 Å². The van der Waals surface area contributed by atoms with Crippen LogP contribution >= 0.6 is 11.6 Å². The van der Waals surface area contributed by atoms with Crippen LogP contribution in [0.15, 0.2) is 54.9 Å². The second-order valence-corrected chi connectivity index (χ2v) is 4.76. The van der Waals surface area contributed by atoms with Crippen molar-refractivity contribution in [1.82, 2.24) is 14.8 Å². The molecule has 0 fully saturated rings. The normalized spacial score (nSPS) is 10.6. The van der Waals surface area contributed by atoms with Gasteiger partial charge in [0.05, 0.1) is 12.3 Å². The minimum absolute atomic E-state index is 0.147. The number of hydrogen-bond donors (Lipinski definition) is 1. The third-order valence-electron chi connectivity index (χ3n) is 2.89. The van der Waals surface area contributed by atoms with Crippen molar-refractivity contribution in [2.45, 2.75) is 6.61 Å². The van der Waals surface area contributed by atoms with Crippen LogP contribution < -0.4 is 4.74 Å². The number of nitrogens with zero attached hydrogens (tertiary/aromatic N) is 3. The number of aromatic nitrogens is 3. The molecule has 0 bridgehead atoms. The van der Waals surface area contributed by atoms with Gasteiger partial charge in [-0.3, -0.25) is 0 Å². The molecule has 3 aromatic rings. The van der Waals surface area contributed by atoms with Gasteiger partial charge in [0.2, 0.25) is 0 Å². The van der Waals surface area contributed by atoms with Gasteiger partial charge < -0.3 is 9.84 Å². The van der Waals surface area contributed by atoms with Crippen molar-refractivity contribution in [1.29, 1.82) is 0 Å². The van der Waals surface area contributed by atoms with Crippen molar-refractivity contribution in [2.24, 2.45) is 0 Å². The standard InChI is InChI=1S/C15H12ClN3O2/c16-12-7-6-11(9-20)14(8-12)21-15-17-10-19(18-15)13-4-2-1-3-5-13/h1-8,10,20H,9H2. The van der Waals surface area contributed by atoms with Crippen molar-refractivity contribution in [3.8, 4) is 17.4 Å². The highest BCUT2D eigenvalue weighted by Crippen LogP contribution is 2.27. The Morgan fingerprint density at radius 3 is 2.71 bits per heavy atom. The molecule has 1 aromatic heterocycles. The molecule has 1 heterocycles. The zero-order valence-electron chi connectivity index (χ0n) is 11.0. The second-order valence-electron chi connectivity index (χ2n) is 4.32. The van der Waals surface area contributed by atoms with Crippen LogP contribution in [-0.4, -0.2) is 19.9 Å². The summed E-state index contributed by atoms with van der Waals surface area (Å²) in [6.07, 6.45) is 1.56. The third kappa shape index (κ3) is 3.04. The number of benzene rings is 2. The topological polar surface area (TPSA) is 60.2 Å². The van der Waals surface area contributed by atoms with E-state index in [0.29, 0.717) is 16.3 Å². The van der Waals surface area contributed by atoms with E-state index >= 15 is 0 Å². The lowest BCUT2D eigenvalue weighted by Gasteiger charge is -2.06. The molecule has 0 unspecified atom stereocenters. The Labute approximate surface area is 126 Å².